The van der Waals surface area contributed by atoms with Crippen molar-refractivity contribution in [1.82, 2.24) is 14.9 Å². The van der Waals surface area contributed by atoms with Crippen molar-refractivity contribution in [2.45, 2.75) is 19.8 Å². The fraction of sp³-hybridized carbons (Fsp3) is 0.233. The van der Waals surface area contributed by atoms with Gasteiger partial charge in [-0.1, -0.05) is 66.2 Å². The number of aryl methyl sites for hydroxylation is 1. The number of halogens is 2. The number of hydrogen-bond donors (Lipinski definition) is 0. The Bertz CT molecular complexity index is 1390. The number of hydrogen-bond acceptors (Lipinski definition) is 4. The van der Waals surface area contributed by atoms with Crippen LogP contribution in [0, 0.1) is 12.7 Å². The van der Waals surface area contributed by atoms with Crippen LogP contribution in [-0.2, 0) is 6.42 Å². The molecule has 7 heteroatoms. The van der Waals surface area contributed by atoms with E-state index >= 15 is 0 Å². The van der Waals surface area contributed by atoms with Crippen molar-refractivity contribution in [2.75, 3.05) is 31.1 Å². The Hall–Kier alpha value is -3.77. The first-order valence-electron chi connectivity index (χ1n) is 12.5. The number of nitrogens with zero attached hydrogens (tertiary/aromatic N) is 4. The smallest absolute Gasteiger partial charge is 0.256 e. The predicted octanol–water partition coefficient (Wildman–Crippen LogP) is 6.19. The van der Waals surface area contributed by atoms with Crippen LogP contribution in [0.15, 0.2) is 78.9 Å². The van der Waals surface area contributed by atoms with Gasteiger partial charge in [0.25, 0.3) is 5.91 Å². The maximum Gasteiger partial charge on any atom is 0.256 e. The van der Waals surface area contributed by atoms with Gasteiger partial charge in [0.1, 0.15) is 11.6 Å². The van der Waals surface area contributed by atoms with Crippen LogP contribution in [0.25, 0.3) is 11.4 Å². The summed E-state index contributed by atoms with van der Waals surface area (Å²) in [5, 5.41) is 0.698. The number of carbonyl (C=O) groups excluding carboxylic acids is 1. The maximum absolute atomic E-state index is 14.3. The van der Waals surface area contributed by atoms with Gasteiger partial charge in [0.05, 0.1) is 5.56 Å². The highest BCUT2D eigenvalue weighted by Gasteiger charge is 2.25. The molecule has 1 saturated heterocycles. The lowest BCUT2D eigenvalue weighted by atomic mass is 10.0. The molecule has 1 aromatic heterocycles. The average Bonchev–Trinajstić information content (AvgIpc) is 3.18. The first-order valence-corrected chi connectivity index (χ1v) is 12.8. The Balaban J connectivity index is 1.47. The first kappa shape index (κ1) is 24.9. The van der Waals surface area contributed by atoms with Crippen molar-refractivity contribution < 1.29 is 9.18 Å². The van der Waals surface area contributed by atoms with Gasteiger partial charge in [-0.05, 0) is 43.2 Å². The molecular formula is C30H28ClFN4O. The third-order valence-corrected chi connectivity index (χ3v) is 6.96. The SMILES string of the molecule is Cc1nc(-c2ccccc2)nc(N2CCCN(C(=O)c3ccccc3F)CC2)c1Cc1ccc(Cl)cc1. The fourth-order valence-corrected chi connectivity index (χ4v) is 4.84. The van der Waals surface area contributed by atoms with Crippen molar-refractivity contribution in [3.8, 4) is 11.4 Å². The van der Waals surface area contributed by atoms with E-state index in [-0.39, 0.29) is 11.5 Å². The van der Waals surface area contributed by atoms with Gasteiger partial charge in [0, 0.05) is 54.4 Å². The molecule has 1 fully saturated rings. The molecule has 5 nitrogen and oxygen atoms in total. The normalized spacial score (nSPS) is 13.9. The zero-order chi connectivity index (χ0) is 25.8. The van der Waals surface area contributed by atoms with Crippen LogP contribution in [-0.4, -0.2) is 47.0 Å². The fourth-order valence-electron chi connectivity index (χ4n) is 4.71. The Kier molecular flexibility index (Phi) is 7.47. The van der Waals surface area contributed by atoms with Crippen LogP contribution in [0.3, 0.4) is 0 Å². The maximum atomic E-state index is 14.3. The molecule has 0 saturated carbocycles. The quantitative estimate of drug-likeness (QED) is 0.319. The summed E-state index contributed by atoms with van der Waals surface area (Å²) in [7, 11) is 0. The Morgan fingerprint density at radius 3 is 2.38 bits per heavy atom. The molecule has 0 aliphatic carbocycles. The molecular weight excluding hydrogens is 487 g/mol. The highest BCUT2D eigenvalue weighted by Crippen LogP contribution is 2.29. The van der Waals surface area contributed by atoms with Crippen LogP contribution >= 0.6 is 11.6 Å². The Labute approximate surface area is 221 Å². The van der Waals surface area contributed by atoms with Gasteiger partial charge in [0.15, 0.2) is 5.82 Å². The molecule has 37 heavy (non-hydrogen) atoms. The van der Waals surface area contributed by atoms with Crippen molar-refractivity contribution in [3.05, 3.63) is 112 Å². The van der Waals surface area contributed by atoms with E-state index in [1.54, 1.807) is 23.1 Å². The Morgan fingerprint density at radius 2 is 1.62 bits per heavy atom. The summed E-state index contributed by atoms with van der Waals surface area (Å²) in [5.74, 6) is 0.793. The molecule has 1 amide bonds. The zero-order valence-electron chi connectivity index (χ0n) is 20.7. The molecule has 2 heterocycles. The molecule has 1 aliphatic heterocycles. The summed E-state index contributed by atoms with van der Waals surface area (Å²) in [5.41, 5.74) is 4.16. The van der Waals surface area contributed by atoms with Crippen LogP contribution in [0.2, 0.25) is 5.02 Å². The van der Waals surface area contributed by atoms with Crippen molar-refractivity contribution >= 4 is 23.3 Å². The number of amides is 1. The van der Waals surface area contributed by atoms with E-state index in [4.69, 9.17) is 21.6 Å². The molecule has 0 atom stereocenters. The summed E-state index contributed by atoms with van der Waals surface area (Å²) in [4.78, 5) is 27.0. The van der Waals surface area contributed by atoms with Crippen molar-refractivity contribution in [2.24, 2.45) is 0 Å². The molecule has 0 bridgehead atoms. The molecule has 4 aromatic rings. The van der Waals surface area contributed by atoms with Crippen LogP contribution < -0.4 is 4.90 Å². The van der Waals surface area contributed by atoms with E-state index in [0.717, 1.165) is 41.2 Å². The molecule has 1 aliphatic rings. The second kappa shape index (κ2) is 11.1. The van der Waals surface area contributed by atoms with Gasteiger partial charge in [0.2, 0.25) is 0 Å². The second-order valence-corrected chi connectivity index (χ2v) is 9.65. The van der Waals surface area contributed by atoms with Gasteiger partial charge in [-0.3, -0.25) is 4.79 Å². The minimum atomic E-state index is -0.488. The van der Waals surface area contributed by atoms with E-state index in [0.29, 0.717) is 36.9 Å². The molecule has 0 radical (unpaired) electrons. The lowest BCUT2D eigenvalue weighted by Gasteiger charge is -2.26. The third kappa shape index (κ3) is 5.65. The summed E-state index contributed by atoms with van der Waals surface area (Å²) in [6.45, 7) is 4.40. The summed E-state index contributed by atoms with van der Waals surface area (Å²) in [6.07, 6.45) is 1.42. The highest BCUT2D eigenvalue weighted by molar-refractivity contribution is 6.30. The predicted molar refractivity (Wildman–Crippen MR) is 146 cm³/mol. The molecule has 0 unspecified atom stereocenters. The summed E-state index contributed by atoms with van der Waals surface area (Å²) >= 11 is 6.11. The lowest BCUT2D eigenvalue weighted by molar-refractivity contribution is 0.0762. The lowest BCUT2D eigenvalue weighted by Crippen LogP contribution is -2.36. The van der Waals surface area contributed by atoms with Gasteiger partial charge in [-0.15, -0.1) is 0 Å². The summed E-state index contributed by atoms with van der Waals surface area (Å²) < 4.78 is 14.3. The zero-order valence-corrected chi connectivity index (χ0v) is 21.5. The van der Waals surface area contributed by atoms with Gasteiger partial charge in [-0.25, -0.2) is 14.4 Å². The number of aromatic nitrogens is 2. The summed E-state index contributed by atoms with van der Waals surface area (Å²) in [6, 6.07) is 23.9. The molecule has 0 spiro atoms. The standard InChI is InChI=1S/C30H28ClFN4O/c1-21-26(20-22-12-14-24(31)15-13-22)29(34-28(33-21)23-8-3-2-4-9-23)35-16-7-17-36(19-18-35)30(37)25-10-5-6-11-27(25)32/h2-6,8-15H,7,16-20H2,1H3. The van der Waals surface area contributed by atoms with E-state index in [1.165, 1.54) is 6.07 Å². The minimum Gasteiger partial charge on any atom is -0.354 e. The van der Waals surface area contributed by atoms with Crippen LogP contribution in [0.1, 0.15) is 33.6 Å². The third-order valence-electron chi connectivity index (χ3n) is 6.71. The van der Waals surface area contributed by atoms with Crippen molar-refractivity contribution in [3.63, 3.8) is 0 Å². The van der Waals surface area contributed by atoms with Crippen LogP contribution in [0.5, 0.6) is 0 Å². The second-order valence-electron chi connectivity index (χ2n) is 9.22. The molecule has 5 rings (SSSR count). The van der Waals surface area contributed by atoms with Crippen LogP contribution in [0.4, 0.5) is 10.2 Å². The van der Waals surface area contributed by atoms with Gasteiger partial charge < -0.3 is 9.80 Å². The number of benzene rings is 3. The van der Waals surface area contributed by atoms with E-state index < -0.39 is 5.82 Å². The average molecular weight is 515 g/mol. The number of rotatable bonds is 5. The van der Waals surface area contributed by atoms with E-state index in [1.807, 2.05) is 61.5 Å². The van der Waals surface area contributed by atoms with E-state index in [9.17, 15) is 9.18 Å². The van der Waals surface area contributed by atoms with Gasteiger partial charge in [-0.2, -0.15) is 0 Å². The highest BCUT2D eigenvalue weighted by atomic mass is 35.5. The monoisotopic (exact) mass is 514 g/mol. The van der Waals surface area contributed by atoms with Gasteiger partial charge >= 0.3 is 0 Å². The number of anilines is 1. The topological polar surface area (TPSA) is 49.3 Å². The molecule has 0 N–H and O–H groups in total. The Morgan fingerprint density at radius 1 is 0.892 bits per heavy atom. The largest absolute Gasteiger partial charge is 0.354 e. The van der Waals surface area contributed by atoms with E-state index in [2.05, 4.69) is 4.90 Å². The molecule has 3 aromatic carbocycles. The van der Waals surface area contributed by atoms with Crippen molar-refractivity contribution in [1.29, 1.82) is 0 Å². The first-order chi connectivity index (χ1) is 18.0. The number of carbonyl (C=O) groups is 1. The minimum absolute atomic E-state index is 0.114. The molecule has 188 valence electrons.